The molecule has 42 heavy (non-hydrogen) atoms. The first-order valence-corrected chi connectivity index (χ1v) is 16.3. The normalized spacial score (nSPS) is 12.0. The summed E-state index contributed by atoms with van der Waals surface area (Å²) in [5.74, 6) is 0. The van der Waals surface area contributed by atoms with Crippen LogP contribution in [0.25, 0.3) is 82.8 Å². The zero-order chi connectivity index (χ0) is 27.9. The third-order valence-corrected chi connectivity index (χ3v) is 12.2. The van der Waals surface area contributed by atoms with E-state index in [1.165, 1.54) is 67.3 Å². The zero-order valence-corrected chi connectivity index (χ0v) is 24.6. The summed E-state index contributed by atoms with van der Waals surface area (Å²) < 4.78 is 7.33. The van der Waals surface area contributed by atoms with Gasteiger partial charge in [-0.3, -0.25) is 0 Å². The third kappa shape index (κ3) is 3.45. The lowest BCUT2D eigenvalue weighted by atomic mass is 9.80. The van der Waals surface area contributed by atoms with Crippen LogP contribution in [0.3, 0.4) is 0 Å². The second-order valence-corrected chi connectivity index (χ2v) is 13.7. The van der Waals surface area contributed by atoms with Crippen molar-refractivity contribution < 1.29 is 10.0 Å². The summed E-state index contributed by atoms with van der Waals surface area (Å²) in [7, 11) is -1.50. The summed E-state index contributed by atoms with van der Waals surface area (Å²) >= 11 is 5.39. The van der Waals surface area contributed by atoms with Gasteiger partial charge in [-0.1, -0.05) is 109 Å². The van der Waals surface area contributed by atoms with Crippen molar-refractivity contribution in [2.45, 2.75) is 0 Å². The smallest absolute Gasteiger partial charge is 0.423 e. The Hall–Kier alpha value is -4.04. The molecule has 0 amide bonds. The van der Waals surface area contributed by atoms with Gasteiger partial charge in [-0.25, -0.2) is 0 Å². The molecule has 0 saturated heterocycles. The number of benzene rings is 6. The van der Waals surface area contributed by atoms with Crippen LogP contribution in [0, 0.1) is 0 Å². The predicted molar refractivity (Wildman–Crippen MR) is 186 cm³/mol. The summed E-state index contributed by atoms with van der Waals surface area (Å²) in [4.78, 5) is 0. The number of hydrogen-bond donors (Lipinski definition) is 2. The van der Waals surface area contributed by atoms with Gasteiger partial charge in [0.15, 0.2) is 0 Å². The van der Waals surface area contributed by atoms with Crippen LogP contribution in [0.2, 0.25) is 0 Å². The molecule has 0 atom stereocenters. The minimum absolute atomic E-state index is 0.555. The average Bonchev–Trinajstić information content (AvgIpc) is 3.72. The molecule has 0 aliphatic rings. The van der Waals surface area contributed by atoms with Gasteiger partial charge in [-0.2, -0.15) is 0 Å². The minimum Gasteiger partial charge on any atom is -0.423 e. The van der Waals surface area contributed by atoms with Gasteiger partial charge in [0.05, 0.1) is 0 Å². The molecule has 9 aromatic rings. The molecule has 9 rings (SSSR count). The first kappa shape index (κ1) is 24.6. The lowest BCUT2D eigenvalue weighted by molar-refractivity contribution is 0.426. The Kier molecular flexibility index (Phi) is 5.40. The molecule has 0 fully saturated rings. The van der Waals surface area contributed by atoms with Gasteiger partial charge in [0.2, 0.25) is 0 Å². The van der Waals surface area contributed by atoms with E-state index in [-0.39, 0.29) is 0 Å². The largest absolute Gasteiger partial charge is 0.489 e. The summed E-state index contributed by atoms with van der Waals surface area (Å²) in [5.41, 5.74) is 5.51. The van der Waals surface area contributed by atoms with Crippen LogP contribution >= 0.6 is 34.0 Å². The first-order chi connectivity index (χ1) is 20.7. The molecule has 0 saturated carbocycles. The lowest BCUT2D eigenvalue weighted by Gasteiger charge is -2.05. The van der Waals surface area contributed by atoms with Gasteiger partial charge in [0.25, 0.3) is 0 Å². The second-order valence-electron chi connectivity index (χ2n) is 10.6. The maximum Gasteiger partial charge on any atom is 0.489 e. The summed E-state index contributed by atoms with van der Waals surface area (Å²) in [5, 5.41) is 27.5. The van der Waals surface area contributed by atoms with E-state index in [1.54, 1.807) is 17.4 Å². The monoisotopic (exact) mass is 592 g/mol. The lowest BCUT2D eigenvalue weighted by Crippen LogP contribution is -2.29. The fraction of sp³-hybridized carbons (Fsp3) is 0. The molecule has 2 N–H and O–H groups in total. The Labute approximate surface area is 253 Å². The van der Waals surface area contributed by atoms with E-state index in [0.29, 0.717) is 5.46 Å². The standard InChI is InChI=1S/C36H21BO2S3/c38-37(39)30-18-7-17-29-28-16-6-15-27(35(28)42-36(29)30)26-14-5-13-25-24-12-4-11-23(33(24)41-34(25)26)22-10-3-9-21-20-8-1-2-19-31(20)40-32(21)22/h1-19,38-39H. The molecule has 6 aromatic carbocycles. The Morgan fingerprint density at radius 3 is 1.26 bits per heavy atom. The molecule has 2 nitrogen and oxygen atoms in total. The van der Waals surface area contributed by atoms with Crippen molar-refractivity contribution in [1.82, 2.24) is 0 Å². The van der Waals surface area contributed by atoms with Crippen molar-refractivity contribution in [2.24, 2.45) is 0 Å². The molecule has 0 bridgehead atoms. The maximum atomic E-state index is 10.0. The molecule has 3 heterocycles. The fourth-order valence-electron chi connectivity index (χ4n) is 6.46. The molecule has 0 aliphatic heterocycles. The van der Waals surface area contributed by atoms with Gasteiger partial charge >= 0.3 is 7.12 Å². The molecule has 6 heteroatoms. The van der Waals surface area contributed by atoms with E-state index in [9.17, 15) is 10.0 Å². The minimum atomic E-state index is -1.50. The van der Waals surface area contributed by atoms with Crippen LogP contribution in [-0.2, 0) is 0 Å². The van der Waals surface area contributed by atoms with Crippen molar-refractivity contribution >= 4 is 107 Å². The Morgan fingerprint density at radius 1 is 0.357 bits per heavy atom. The Balaban J connectivity index is 1.32. The van der Waals surface area contributed by atoms with Crippen molar-refractivity contribution in [3.8, 4) is 22.3 Å². The van der Waals surface area contributed by atoms with Crippen molar-refractivity contribution in [1.29, 1.82) is 0 Å². The molecule has 0 aliphatic carbocycles. The zero-order valence-electron chi connectivity index (χ0n) is 22.2. The highest BCUT2D eigenvalue weighted by Crippen LogP contribution is 2.48. The van der Waals surface area contributed by atoms with Crippen molar-refractivity contribution in [2.75, 3.05) is 0 Å². The second kappa shape index (κ2) is 9.23. The molecular weight excluding hydrogens is 571 g/mol. The summed E-state index contributed by atoms with van der Waals surface area (Å²) in [6.07, 6.45) is 0. The van der Waals surface area contributed by atoms with E-state index >= 15 is 0 Å². The predicted octanol–water partition coefficient (Wildman–Crippen LogP) is 9.80. The van der Waals surface area contributed by atoms with Crippen LogP contribution in [0.5, 0.6) is 0 Å². The van der Waals surface area contributed by atoms with Gasteiger partial charge in [0, 0.05) is 77.4 Å². The SMILES string of the molecule is OB(O)c1cccc2c1sc1c(-c3cccc4c3sc3c(-c5cccc6c5sc5ccccc56)cccc34)cccc12. The maximum absolute atomic E-state index is 10.0. The number of rotatable bonds is 3. The van der Waals surface area contributed by atoms with E-state index in [1.807, 2.05) is 28.7 Å². The van der Waals surface area contributed by atoms with E-state index < -0.39 is 7.12 Å². The van der Waals surface area contributed by atoms with E-state index in [4.69, 9.17) is 0 Å². The fourth-order valence-corrected chi connectivity index (χ4v) is 10.4. The Bertz CT molecular complexity index is 2520. The quantitative estimate of drug-likeness (QED) is 0.201. The van der Waals surface area contributed by atoms with E-state index in [0.717, 1.165) is 15.5 Å². The summed E-state index contributed by atoms with van der Waals surface area (Å²) in [6.45, 7) is 0. The van der Waals surface area contributed by atoms with Crippen LogP contribution < -0.4 is 5.46 Å². The topological polar surface area (TPSA) is 40.5 Å². The highest BCUT2D eigenvalue weighted by Gasteiger charge is 2.21. The van der Waals surface area contributed by atoms with Crippen molar-refractivity contribution in [3.63, 3.8) is 0 Å². The molecule has 0 spiro atoms. The van der Waals surface area contributed by atoms with Crippen LogP contribution in [0.4, 0.5) is 0 Å². The Morgan fingerprint density at radius 2 is 0.738 bits per heavy atom. The first-order valence-electron chi connectivity index (χ1n) is 13.8. The number of thiophene rings is 3. The van der Waals surface area contributed by atoms with Gasteiger partial charge < -0.3 is 10.0 Å². The van der Waals surface area contributed by atoms with Crippen LogP contribution in [0.15, 0.2) is 115 Å². The average molecular weight is 593 g/mol. The molecule has 0 unspecified atom stereocenters. The molecule has 0 radical (unpaired) electrons. The number of hydrogen-bond acceptors (Lipinski definition) is 5. The molecular formula is C36H21BO2S3. The van der Waals surface area contributed by atoms with E-state index in [2.05, 4.69) is 103 Å². The van der Waals surface area contributed by atoms with Gasteiger partial charge in [-0.05, 0) is 16.9 Å². The molecule has 198 valence electrons. The summed E-state index contributed by atoms with van der Waals surface area (Å²) in [6, 6.07) is 41.0. The number of fused-ring (bicyclic) bond motifs is 9. The highest BCUT2D eigenvalue weighted by atomic mass is 32.1. The van der Waals surface area contributed by atoms with Crippen LogP contribution in [-0.4, -0.2) is 17.2 Å². The van der Waals surface area contributed by atoms with Crippen LogP contribution in [0.1, 0.15) is 0 Å². The van der Waals surface area contributed by atoms with Gasteiger partial charge in [0.1, 0.15) is 0 Å². The van der Waals surface area contributed by atoms with Gasteiger partial charge in [-0.15, -0.1) is 34.0 Å². The highest BCUT2D eigenvalue weighted by molar-refractivity contribution is 7.28. The van der Waals surface area contributed by atoms with Crippen molar-refractivity contribution in [3.05, 3.63) is 115 Å². The molecule has 3 aromatic heterocycles. The third-order valence-electron chi connectivity index (χ3n) is 8.34.